The summed E-state index contributed by atoms with van der Waals surface area (Å²) in [6, 6.07) is 11.5. The molecule has 0 aliphatic carbocycles. The summed E-state index contributed by atoms with van der Waals surface area (Å²) >= 11 is 1.63. The van der Waals surface area contributed by atoms with Gasteiger partial charge >= 0.3 is 12.0 Å². The van der Waals surface area contributed by atoms with E-state index in [0.29, 0.717) is 16.7 Å². The van der Waals surface area contributed by atoms with Crippen LogP contribution in [0.15, 0.2) is 66.0 Å². The van der Waals surface area contributed by atoms with Crippen molar-refractivity contribution in [2.24, 2.45) is 0 Å². The van der Waals surface area contributed by atoms with Crippen LogP contribution in [-0.2, 0) is 0 Å². The molecule has 0 atom stereocenters. The van der Waals surface area contributed by atoms with Crippen molar-refractivity contribution >= 4 is 28.6 Å². The lowest BCUT2D eigenvalue weighted by Crippen LogP contribution is -2.10. The topological polar surface area (TPSA) is 67.9 Å². The second-order valence-electron chi connectivity index (χ2n) is 5.74. The van der Waals surface area contributed by atoms with Gasteiger partial charge in [-0.2, -0.15) is 0 Å². The second kappa shape index (κ2) is 7.20. The third-order valence-electron chi connectivity index (χ3n) is 4.10. The molecule has 2 aromatic carbocycles. The number of nitrogens with zero attached hydrogens (tertiary/aromatic N) is 2. The molecule has 4 aromatic rings. The number of carbonyl (C=O) groups is 1. The predicted molar refractivity (Wildman–Crippen MR) is 102 cm³/mol. The van der Waals surface area contributed by atoms with Gasteiger partial charge in [0.15, 0.2) is 0 Å². The van der Waals surface area contributed by atoms with E-state index in [2.05, 4.69) is 15.0 Å². The number of H-pyrrole nitrogens is 1. The Kier molecular flexibility index (Phi) is 4.60. The van der Waals surface area contributed by atoms with Crippen molar-refractivity contribution in [1.82, 2.24) is 15.0 Å². The Balaban J connectivity index is 1.53. The zero-order valence-corrected chi connectivity index (χ0v) is 15.1. The number of hydrogen-bond acceptors (Lipinski definition) is 5. The lowest BCUT2D eigenvalue weighted by molar-refractivity contribution is 0.0719. The van der Waals surface area contributed by atoms with Gasteiger partial charge in [0.2, 0.25) is 0 Å². The molecular formula is C20H14FN3O2S. The molecule has 0 aliphatic rings. The highest BCUT2D eigenvalue weighted by atomic mass is 32.2. The van der Waals surface area contributed by atoms with Crippen LogP contribution in [0.1, 0.15) is 10.4 Å². The van der Waals surface area contributed by atoms with Crippen LogP contribution in [0.2, 0.25) is 0 Å². The van der Waals surface area contributed by atoms with E-state index in [1.165, 1.54) is 18.5 Å². The Labute approximate surface area is 158 Å². The molecular weight excluding hydrogens is 365 g/mol. The Morgan fingerprint density at radius 2 is 1.93 bits per heavy atom. The van der Waals surface area contributed by atoms with Gasteiger partial charge in [0, 0.05) is 45.5 Å². The van der Waals surface area contributed by atoms with E-state index in [-0.39, 0.29) is 11.8 Å². The molecule has 0 aliphatic heterocycles. The monoisotopic (exact) mass is 379 g/mol. The first kappa shape index (κ1) is 17.2. The van der Waals surface area contributed by atoms with Crippen molar-refractivity contribution in [3.8, 4) is 17.1 Å². The average molecular weight is 379 g/mol. The SMILES string of the molecule is CSc1c[nH]c2cc(C(=O)Oc3ncc(-c4ccccc4F)cn3)ccc12. The lowest BCUT2D eigenvalue weighted by atomic mass is 10.1. The number of rotatable bonds is 4. The molecule has 4 rings (SSSR count). The highest BCUT2D eigenvalue weighted by Crippen LogP contribution is 2.27. The quantitative estimate of drug-likeness (QED) is 0.411. The molecule has 0 unspecified atom stereocenters. The van der Waals surface area contributed by atoms with Crippen molar-refractivity contribution < 1.29 is 13.9 Å². The number of halogens is 1. The molecule has 7 heteroatoms. The fourth-order valence-corrected chi connectivity index (χ4v) is 3.32. The first-order valence-electron chi connectivity index (χ1n) is 8.10. The fraction of sp³-hybridized carbons (Fsp3) is 0.0500. The first-order valence-corrected chi connectivity index (χ1v) is 9.32. The zero-order chi connectivity index (χ0) is 18.8. The number of nitrogens with one attached hydrogen (secondary N) is 1. The predicted octanol–water partition coefficient (Wildman–Crippen LogP) is 4.71. The number of esters is 1. The van der Waals surface area contributed by atoms with Crippen LogP contribution in [0.5, 0.6) is 6.01 Å². The number of fused-ring (bicyclic) bond motifs is 1. The van der Waals surface area contributed by atoms with E-state index in [1.807, 2.05) is 18.5 Å². The van der Waals surface area contributed by atoms with Crippen LogP contribution in [0.25, 0.3) is 22.0 Å². The van der Waals surface area contributed by atoms with Crippen LogP contribution in [-0.4, -0.2) is 27.2 Å². The molecule has 0 amide bonds. The van der Waals surface area contributed by atoms with Crippen molar-refractivity contribution in [3.05, 3.63) is 72.4 Å². The number of benzene rings is 2. The van der Waals surface area contributed by atoms with E-state index >= 15 is 0 Å². The minimum atomic E-state index is -0.559. The summed E-state index contributed by atoms with van der Waals surface area (Å²) in [6.07, 6.45) is 6.74. The second-order valence-corrected chi connectivity index (χ2v) is 6.59. The number of ether oxygens (including phenoxy) is 1. The smallest absolute Gasteiger partial charge is 0.346 e. The summed E-state index contributed by atoms with van der Waals surface area (Å²) in [4.78, 5) is 24.6. The summed E-state index contributed by atoms with van der Waals surface area (Å²) < 4.78 is 19.0. The van der Waals surface area contributed by atoms with Crippen LogP contribution in [0.3, 0.4) is 0 Å². The van der Waals surface area contributed by atoms with Crippen molar-refractivity contribution in [3.63, 3.8) is 0 Å². The molecule has 0 spiro atoms. The van der Waals surface area contributed by atoms with E-state index in [0.717, 1.165) is 15.8 Å². The Morgan fingerprint density at radius 1 is 1.15 bits per heavy atom. The van der Waals surface area contributed by atoms with Gasteiger partial charge in [0.05, 0.1) is 5.56 Å². The molecule has 1 N–H and O–H groups in total. The lowest BCUT2D eigenvalue weighted by Gasteiger charge is -2.05. The van der Waals surface area contributed by atoms with E-state index < -0.39 is 5.97 Å². The maximum Gasteiger partial charge on any atom is 0.346 e. The van der Waals surface area contributed by atoms with Crippen molar-refractivity contribution in [2.75, 3.05) is 6.26 Å². The molecule has 2 heterocycles. The maximum atomic E-state index is 13.8. The number of hydrogen-bond donors (Lipinski definition) is 1. The van der Waals surface area contributed by atoms with Gasteiger partial charge in [-0.25, -0.2) is 19.2 Å². The number of carbonyl (C=O) groups excluding carboxylic acids is 1. The van der Waals surface area contributed by atoms with Crippen molar-refractivity contribution in [1.29, 1.82) is 0 Å². The van der Waals surface area contributed by atoms with E-state index in [1.54, 1.807) is 42.1 Å². The standard InChI is InChI=1S/C20H14FN3O2S/c1-27-18-11-22-17-8-12(6-7-15(17)18)19(25)26-20-23-9-13(10-24-20)14-4-2-3-5-16(14)21/h2-11,22H,1H3. The molecule has 27 heavy (non-hydrogen) atoms. The number of aromatic nitrogens is 3. The van der Waals surface area contributed by atoms with Gasteiger partial charge in [-0.3, -0.25) is 0 Å². The van der Waals surface area contributed by atoms with Crippen molar-refractivity contribution in [2.45, 2.75) is 4.90 Å². The average Bonchev–Trinajstić information content (AvgIpc) is 3.11. The summed E-state index contributed by atoms with van der Waals surface area (Å²) in [5.41, 5.74) is 2.13. The summed E-state index contributed by atoms with van der Waals surface area (Å²) in [7, 11) is 0. The largest absolute Gasteiger partial charge is 0.387 e. The third-order valence-corrected chi connectivity index (χ3v) is 4.87. The van der Waals surface area contributed by atoms with Crippen LogP contribution >= 0.6 is 11.8 Å². The number of aromatic amines is 1. The molecule has 0 radical (unpaired) electrons. The highest BCUT2D eigenvalue weighted by molar-refractivity contribution is 7.98. The summed E-state index contributed by atoms with van der Waals surface area (Å²) in [5.74, 6) is -0.925. The molecule has 0 saturated carbocycles. The maximum absolute atomic E-state index is 13.8. The minimum absolute atomic E-state index is 0.0866. The molecule has 0 fully saturated rings. The highest BCUT2D eigenvalue weighted by Gasteiger charge is 2.13. The molecule has 2 aromatic heterocycles. The fourth-order valence-electron chi connectivity index (χ4n) is 2.74. The van der Waals surface area contributed by atoms with Crippen LogP contribution < -0.4 is 4.74 Å². The molecule has 0 saturated heterocycles. The molecule has 5 nitrogen and oxygen atoms in total. The normalized spacial score (nSPS) is 10.9. The van der Waals surface area contributed by atoms with Crippen LogP contribution in [0, 0.1) is 5.82 Å². The first-order chi connectivity index (χ1) is 13.2. The number of thioether (sulfide) groups is 1. The van der Waals surface area contributed by atoms with E-state index in [4.69, 9.17) is 4.74 Å². The van der Waals surface area contributed by atoms with Gasteiger partial charge in [0.25, 0.3) is 0 Å². The minimum Gasteiger partial charge on any atom is -0.387 e. The summed E-state index contributed by atoms with van der Waals surface area (Å²) in [6.45, 7) is 0. The molecule has 0 bridgehead atoms. The molecule has 134 valence electrons. The van der Waals surface area contributed by atoms with Gasteiger partial charge in [-0.1, -0.05) is 24.3 Å². The zero-order valence-electron chi connectivity index (χ0n) is 14.3. The van der Waals surface area contributed by atoms with E-state index in [9.17, 15) is 9.18 Å². The third kappa shape index (κ3) is 3.41. The Hall–Kier alpha value is -3.19. The van der Waals surface area contributed by atoms with Gasteiger partial charge < -0.3 is 9.72 Å². The van der Waals surface area contributed by atoms with Crippen LogP contribution in [0.4, 0.5) is 4.39 Å². The van der Waals surface area contributed by atoms with Gasteiger partial charge in [0.1, 0.15) is 5.82 Å². The van der Waals surface area contributed by atoms with Gasteiger partial charge in [-0.15, -0.1) is 11.8 Å². The Morgan fingerprint density at radius 3 is 2.67 bits per heavy atom. The Bertz CT molecular complexity index is 1130. The van der Waals surface area contributed by atoms with Gasteiger partial charge in [-0.05, 0) is 24.5 Å². The summed E-state index contributed by atoms with van der Waals surface area (Å²) in [5, 5.41) is 1.05.